The summed E-state index contributed by atoms with van der Waals surface area (Å²) >= 11 is 5.55. The summed E-state index contributed by atoms with van der Waals surface area (Å²) in [5.74, 6) is -0.403. The minimum atomic E-state index is -0.562. The van der Waals surface area contributed by atoms with Crippen LogP contribution in [0.4, 0.5) is 4.39 Å². The number of carbonyl (C=O) groups excluding carboxylic acids is 1. The van der Waals surface area contributed by atoms with E-state index in [4.69, 9.17) is 21.1 Å². The van der Waals surface area contributed by atoms with Crippen molar-refractivity contribution in [1.29, 1.82) is 0 Å². The molecule has 1 heterocycles. The maximum absolute atomic E-state index is 13.1. The van der Waals surface area contributed by atoms with E-state index in [-0.39, 0.29) is 17.5 Å². The van der Waals surface area contributed by atoms with Crippen molar-refractivity contribution in [3.05, 3.63) is 29.0 Å². The van der Waals surface area contributed by atoms with Gasteiger partial charge in [-0.2, -0.15) is 0 Å². The molecule has 0 unspecified atom stereocenters. The van der Waals surface area contributed by atoms with Gasteiger partial charge < -0.3 is 14.4 Å². The SMILES string of the molecule is O=C(COc1ccc(Cl)c(F)c1)N1CCOCC1. The summed E-state index contributed by atoms with van der Waals surface area (Å²) in [6.07, 6.45) is 0. The maximum atomic E-state index is 13.1. The molecule has 0 aliphatic carbocycles. The first kappa shape index (κ1) is 13.1. The molecule has 1 amide bonds. The van der Waals surface area contributed by atoms with Crippen LogP contribution in [-0.2, 0) is 9.53 Å². The first-order valence-corrected chi connectivity index (χ1v) is 5.98. The standard InChI is InChI=1S/C12H13ClFNO3/c13-10-2-1-9(7-11(10)14)18-8-12(16)15-3-5-17-6-4-15/h1-2,7H,3-6,8H2. The number of morpholine rings is 1. The Morgan fingerprint density at radius 1 is 1.44 bits per heavy atom. The summed E-state index contributed by atoms with van der Waals surface area (Å²) in [7, 11) is 0. The first-order chi connectivity index (χ1) is 8.66. The van der Waals surface area contributed by atoms with Crippen LogP contribution in [0, 0.1) is 5.82 Å². The normalized spacial score (nSPS) is 15.6. The van der Waals surface area contributed by atoms with Gasteiger partial charge in [0, 0.05) is 19.2 Å². The van der Waals surface area contributed by atoms with E-state index in [0.717, 1.165) is 6.07 Å². The molecular weight excluding hydrogens is 261 g/mol. The molecule has 18 heavy (non-hydrogen) atoms. The van der Waals surface area contributed by atoms with Gasteiger partial charge in [-0.25, -0.2) is 4.39 Å². The number of halogens is 2. The van der Waals surface area contributed by atoms with Gasteiger partial charge in [-0.1, -0.05) is 11.6 Å². The minimum absolute atomic E-state index is 0.0295. The van der Waals surface area contributed by atoms with Gasteiger partial charge in [0.1, 0.15) is 11.6 Å². The Balaban J connectivity index is 1.86. The van der Waals surface area contributed by atoms with Crippen LogP contribution in [0.25, 0.3) is 0 Å². The monoisotopic (exact) mass is 273 g/mol. The summed E-state index contributed by atoms with van der Waals surface area (Å²) in [5.41, 5.74) is 0. The minimum Gasteiger partial charge on any atom is -0.484 e. The molecule has 0 saturated carbocycles. The zero-order valence-electron chi connectivity index (χ0n) is 9.70. The fraction of sp³-hybridized carbons (Fsp3) is 0.417. The molecule has 1 aliphatic heterocycles. The number of hydrogen-bond acceptors (Lipinski definition) is 3. The molecule has 0 N–H and O–H groups in total. The number of amides is 1. The molecule has 1 saturated heterocycles. The first-order valence-electron chi connectivity index (χ1n) is 5.60. The quantitative estimate of drug-likeness (QED) is 0.842. The van der Waals surface area contributed by atoms with Crippen molar-refractivity contribution in [1.82, 2.24) is 4.90 Å². The zero-order valence-corrected chi connectivity index (χ0v) is 10.5. The predicted molar refractivity (Wildman–Crippen MR) is 64.3 cm³/mol. The average Bonchev–Trinajstić information content (AvgIpc) is 2.41. The summed E-state index contributed by atoms with van der Waals surface area (Å²) < 4.78 is 23.5. The molecule has 0 aromatic heterocycles. The van der Waals surface area contributed by atoms with Crippen molar-refractivity contribution in [2.24, 2.45) is 0 Å². The Hall–Kier alpha value is -1.33. The molecule has 1 aromatic rings. The summed E-state index contributed by atoms with van der Waals surface area (Å²) in [6, 6.07) is 4.08. The highest BCUT2D eigenvalue weighted by molar-refractivity contribution is 6.30. The van der Waals surface area contributed by atoms with E-state index in [1.54, 1.807) is 4.90 Å². The van der Waals surface area contributed by atoms with Crippen molar-refractivity contribution in [2.75, 3.05) is 32.9 Å². The molecule has 98 valence electrons. The van der Waals surface area contributed by atoms with E-state index < -0.39 is 5.82 Å². The van der Waals surface area contributed by atoms with Gasteiger partial charge in [0.2, 0.25) is 0 Å². The third-order valence-electron chi connectivity index (χ3n) is 2.62. The second-order valence-corrected chi connectivity index (χ2v) is 4.26. The van der Waals surface area contributed by atoms with Crippen LogP contribution in [0.5, 0.6) is 5.75 Å². The number of nitrogens with zero attached hydrogens (tertiary/aromatic N) is 1. The highest BCUT2D eigenvalue weighted by atomic mass is 35.5. The number of benzene rings is 1. The smallest absolute Gasteiger partial charge is 0.260 e. The fourth-order valence-electron chi connectivity index (χ4n) is 1.62. The van der Waals surface area contributed by atoms with Gasteiger partial charge in [0.25, 0.3) is 5.91 Å². The Labute approximate surface area is 109 Å². The van der Waals surface area contributed by atoms with Gasteiger partial charge in [-0.05, 0) is 12.1 Å². The van der Waals surface area contributed by atoms with Crippen LogP contribution in [0.3, 0.4) is 0 Å². The molecule has 0 bridgehead atoms. The number of hydrogen-bond donors (Lipinski definition) is 0. The Morgan fingerprint density at radius 2 is 2.17 bits per heavy atom. The van der Waals surface area contributed by atoms with Crippen LogP contribution >= 0.6 is 11.6 Å². The maximum Gasteiger partial charge on any atom is 0.260 e. The van der Waals surface area contributed by atoms with Crippen LogP contribution < -0.4 is 4.74 Å². The Morgan fingerprint density at radius 3 is 2.83 bits per heavy atom. The van der Waals surface area contributed by atoms with Crippen LogP contribution in [0.2, 0.25) is 5.02 Å². The Bertz CT molecular complexity index is 435. The molecular formula is C12H13ClFNO3. The largest absolute Gasteiger partial charge is 0.484 e. The number of ether oxygens (including phenoxy) is 2. The van der Waals surface area contributed by atoms with E-state index >= 15 is 0 Å². The average molecular weight is 274 g/mol. The van der Waals surface area contributed by atoms with E-state index in [1.165, 1.54) is 12.1 Å². The third-order valence-corrected chi connectivity index (χ3v) is 2.92. The van der Waals surface area contributed by atoms with E-state index in [9.17, 15) is 9.18 Å². The molecule has 2 rings (SSSR count). The molecule has 1 fully saturated rings. The number of rotatable bonds is 3. The summed E-state index contributed by atoms with van der Waals surface area (Å²) in [4.78, 5) is 13.4. The Kier molecular flexibility index (Phi) is 4.38. The van der Waals surface area contributed by atoms with Crippen molar-refractivity contribution >= 4 is 17.5 Å². The second-order valence-electron chi connectivity index (χ2n) is 3.86. The van der Waals surface area contributed by atoms with Crippen molar-refractivity contribution in [3.63, 3.8) is 0 Å². The van der Waals surface area contributed by atoms with Crippen molar-refractivity contribution in [3.8, 4) is 5.75 Å². The van der Waals surface area contributed by atoms with Gasteiger partial charge >= 0.3 is 0 Å². The van der Waals surface area contributed by atoms with Gasteiger partial charge in [-0.15, -0.1) is 0 Å². The van der Waals surface area contributed by atoms with Crippen LogP contribution in [0.1, 0.15) is 0 Å². The molecule has 0 spiro atoms. The van der Waals surface area contributed by atoms with Crippen LogP contribution in [-0.4, -0.2) is 43.7 Å². The molecule has 1 aromatic carbocycles. The van der Waals surface area contributed by atoms with E-state index in [2.05, 4.69) is 0 Å². The van der Waals surface area contributed by atoms with Gasteiger partial charge in [-0.3, -0.25) is 4.79 Å². The molecule has 6 heteroatoms. The zero-order chi connectivity index (χ0) is 13.0. The molecule has 0 atom stereocenters. The molecule has 4 nitrogen and oxygen atoms in total. The third kappa shape index (κ3) is 3.34. The lowest BCUT2D eigenvalue weighted by Gasteiger charge is -2.26. The summed E-state index contributed by atoms with van der Waals surface area (Å²) in [6.45, 7) is 2.11. The topological polar surface area (TPSA) is 38.8 Å². The fourth-order valence-corrected chi connectivity index (χ4v) is 1.73. The summed E-state index contributed by atoms with van der Waals surface area (Å²) in [5, 5.41) is 0.0295. The van der Waals surface area contributed by atoms with E-state index in [1.807, 2.05) is 0 Å². The second kappa shape index (κ2) is 6.02. The highest BCUT2D eigenvalue weighted by Crippen LogP contribution is 2.20. The van der Waals surface area contributed by atoms with Gasteiger partial charge in [0.15, 0.2) is 6.61 Å². The molecule has 1 aliphatic rings. The highest BCUT2D eigenvalue weighted by Gasteiger charge is 2.17. The molecule has 0 radical (unpaired) electrons. The van der Waals surface area contributed by atoms with E-state index in [0.29, 0.717) is 32.1 Å². The predicted octanol–water partition coefficient (Wildman–Crippen LogP) is 1.72. The van der Waals surface area contributed by atoms with Crippen LogP contribution in [0.15, 0.2) is 18.2 Å². The lowest BCUT2D eigenvalue weighted by molar-refractivity contribution is -0.137. The van der Waals surface area contributed by atoms with Crippen molar-refractivity contribution < 1.29 is 18.7 Å². The van der Waals surface area contributed by atoms with Gasteiger partial charge in [0.05, 0.1) is 18.2 Å². The lowest BCUT2D eigenvalue weighted by atomic mass is 10.3. The lowest BCUT2D eigenvalue weighted by Crippen LogP contribution is -2.42. The van der Waals surface area contributed by atoms with Crippen molar-refractivity contribution in [2.45, 2.75) is 0 Å². The number of carbonyl (C=O) groups is 1.